The lowest BCUT2D eigenvalue weighted by molar-refractivity contribution is -0.143. The van der Waals surface area contributed by atoms with Crippen molar-refractivity contribution in [3.63, 3.8) is 0 Å². The average molecular weight is 531 g/mol. The molecule has 5 aromatic rings. The number of alkyl halides is 3. The van der Waals surface area contributed by atoms with Crippen LogP contribution in [0.5, 0.6) is 0 Å². The first-order chi connectivity index (χ1) is 18.7. The van der Waals surface area contributed by atoms with Crippen LogP contribution in [0.25, 0.3) is 33.3 Å². The fraction of sp³-hybridized carbons (Fsp3) is 0.148. The molecule has 2 aromatic carbocycles. The third kappa shape index (κ3) is 4.96. The van der Waals surface area contributed by atoms with Gasteiger partial charge in [0.25, 0.3) is 5.56 Å². The highest BCUT2D eigenvalue weighted by atomic mass is 19.4. The zero-order valence-corrected chi connectivity index (χ0v) is 20.2. The molecule has 0 atom stereocenters. The smallest absolute Gasteiger partial charge is 0.316 e. The van der Waals surface area contributed by atoms with E-state index in [0.29, 0.717) is 40.0 Å². The molecule has 1 aliphatic rings. The molecule has 0 radical (unpaired) electrons. The molecule has 0 aliphatic carbocycles. The fourth-order valence-corrected chi connectivity index (χ4v) is 4.57. The second kappa shape index (κ2) is 9.39. The van der Waals surface area contributed by atoms with Crippen LogP contribution in [0.15, 0.2) is 78.0 Å². The van der Waals surface area contributed by atoms with Gasteiger partial charge in [-0.05, 0) is 53.1 Å². The lowest BCUT2D eigenvalue weighted by Gasteiger charge is -2.17. The number of hydrogen-bond donors (Lipinski definition) is 2. The first-order valence-corrected chi connectivity index (χ1v) is 11.9. The highest BCUT2D eigenvalue weighted by molar-refractivity contribution is 5.90. The molecule has 0 fully saturated rings. The van der Waals surface area contributed by atoms with Crippen molar-refractivity contribution in [1.29, 1.82) is 0 Å². The van der Waals surface area contributed by atoms with Crippen molar-refractivity contribution in [2.45, 2.75) is 25.8 Å². The van der Waals surface area contributed by atoms with E-state index in [9.17, 15) is 22.8 Å². The molecule has 0 bridgehead atoms. The number of urea groups is 1. The third-order valence-electron chi connectivity index (χ3n) is 6.50. The maximum atomic E-state index is 13.3. The summed E-state index contributed by atoms with van der Waals surface area (Å²) in [7, 11) is 0. The maximum Gasteiger partial charge on any atom is 0.408 e. The molecule has 196 valence electrons. The summed E-state index contributed by atoms with van der Waals surface area (Å²) < 4.78 is 40.3. The van der Waals surface area contributed by atoms with Gasteiger partial charge in [-0.1, -0.05) is 18.2 Å². The minimum absolute atomic E-state index is 0.0767. The Morgan fingerprint density at radius 2 is 1.74 bits per heavy atom. The van der Waals surface area contributed by atoms with Crippen LogP contribution in [-0.4, -0.2) is 42.1 Å². The Balaban J connectivity index is 1.29. The monoisotopic (exact) mass is 531 g/mol. The number of hydrogen-bond acceptors (Lipinski definition) is 5. The molecule has 0 spiro atoms. The van der Waals surface area contributed by atoms with Crippen molar-refractivity contribution in [2.24, 2.45) is 0 Å². The minimum Gasteiger partial charge on any atom is -0.316 e. The molecule has 2 amide bonds. The van der Waals surface area contributed by atoms with Crippen LogP contribution in [0.1, 0.15) is 11.1 Å². The number of aromatic amines is 1. The number of pyridine rings is 1. The number of amides is 2. The van der Waals surface area contributed by atoms with Gasteiger partial charge in [-0.3, -0.25) is 14.9 Å². The molecule has 6 rings (SSSR count). The lowest BCUT2D eigenvalue weighted by atomic mass is 10.0. The second-order valence-corrected chi connectivity index (χ2v) is 9.20. The van der Waals surface area contributed by atoms with Crippen LogP contribution in [0.4, 0.5) is 23.7 Å². The number of benzene rings is 2. The van der Waals surface area contributed by atoms with E-state index in [4.69, 9.17) is 0 Å². The summed E-state index contributed by atoms with van der Waals surface area (Å²) >= 11 is 0. The van der Waals surface area contributed by atoms with E-state index < -0.39 is 18.3 Å². The molecule has 9 nitrogen and oxygen atoms in total. The number of aromatic nitrogens is 5. The van der Waals surface area contributed by atoms with Crippen molar-refractivity contribution in [3.8, 4) is 22.4 Å². The van der Waals surface area contributed by atoms with Gasteiger partial charge >= 0.3 is 12.2 Å². The number of nitrogens with zero attached hydrogens (tertiary/aromatic N) is 5. The zero-order valence-electron chi connectivity index (χ0n) is 20.2. The molecule has 2 N–H and O–H groups in total. The predicted octanol–water partition coefficient (Wildman–Crippen LogP) is 4.96. The van der Waals surface area contributed by atoms with Gasteiger partial charge in [-0.2, -0.15) is 23.4 Å². The van der Waals surface area contributed by atoms with Gasteiger partial charge in [-0.25, -0.2) is 9.48 Å². The van der Waals surface area contributed by atoms with Crippen molar-refractivity contribution in [2.75, 3.05) is 5.32 Å². The topological polar surface area (TPSA) is 109 Å². The van der Waals surface area contributed by atoms with Crippen molar-refractivity contribution in [1.82, 2.24) is 29.9 Å². The van der Waals surface area contributed by atoms with Gasteiger partial charge in [0.1, 0.15) is 6.54 Å². The molecular formula is C27H20F3N7O2. The Labute approximate surface area is 218 Å². The molecule has 0 unspecified atom stereocenters. The summed E-state index contributed by atoms with van der Waals surface area (Å²) in [5, 5.41) is 14.3. The number of anilines is 1. The van der Waals surface area contributed by atoms with Gasteiger partial charge in [-0.15, -0.1) is 0 Å². The van der Waals surface area contributed by atoms with Crippen molar-refractivity contribution in [3.05, 3.63) is 94.7 Å². The molecule has 1 aliphatic heterocycles. The summed E-state index contributed by atoms with van der Waals surface area (Å²) in [5.74, 6) is 0. The van der Waals surface area contributed by atoms with Crippen LogP contribution in [0, 0.1) is 0 Å². The summed E-state index contributed by atoms with van der Waals surface area (Å²) in [4.78, 5) is 31.5. The van der Waals surface area contributed by atoms with E-state index in [1.165, 1.54) is 6.07 Å². The highest BCUT2D eigenvalue weighted by Gasteiger charge is 2.30. The Kier molecular flexibility index (Phi) is 5.86. The largest absolute Gasteiger partial charge is 0.408 e. The van der Waals surface area contributed by atoms with Crippen molar-refractivity contribution >= 4 is 22.6 Å². The standard InChI is InChI=1S/C27H20F3N7O2/c28-27(29,30)15-37-25(38)22(17-3-6-23-19(9-17)12-32-34-23)10-24(35-37)16-1-4-21(5-2-16)33-26(39)36-13-18-7-8-31-11-20(18)14-36/h1-12H,13-15H2,(H,32,34)(H,33,39). The first-order valence-electron chi connectivity index (χ1n) is 11.9. The fourth-order valence-electron chi connectivity index (χ4n) is 4.57. The Morgan fingerprint density at radius 3 is 2.51 bits per heavy atom. The number of H-pyrrole nitrogens is 1. The van der Waals surface area contributed by atoms with E-state index in [1.54, 1.807) is 66.0 Å². The summed E-state index contributed by atoms with van der Waals surface area (Å²) in [6.07, 6.45) is 0.358. The van der Waals surface area contributed by atoms with Crippen LogP contribution >= 0.6 is 0 Å². The number of fused-ring (bicyclic) bond motifs is 2. The molecule has 39 heavy (non-hydrogen) atoms. The average Bonchev–Trinajstić information content (AvgIpc) is 3.56. The Bertz CT molecular complexity index is 1740. The Morgan fingerprint density at radius 1 is 0.974 bits per heavy atom. The predicted molar refractivity (Wildman–Crippen MR) is 138 cm³/mol. The molecule has 0 saturated carbocycles. The molecule has 0 saturated heterocycles. The second-order valence-electron chi connectivity index (χ2n) is 9.20. The summed E-state index contributed by atoms with van der Waals surface area (Å²) in [5.41, 5.74) is 3.60. The van der Waals surface area contributed by atoms with Crippen LogP contribution in [-0.2, 0) is 19.6 Å². The maximum absolute atomic E-state index is 13.3. The SMILES string of the molecule is O=C(Nc1ccc(-c2cc(-c3ccc4[nH]ncc4c3)c(=O)n(CC(F)(F)F)n2)cc1)N1Cc2ccncc2C1. The number of halogens is 3. The van der Waals surface area contributed by atoms with Crippen LogP contribution < -0.4 is 10.9 Å². The summed E-state index contributed by atoms with van der Waals surface area (Å²) in [6.45, 7) is -0.604. The third-order valence-corrected chi connectivity index (χ3v) is 6.50. The number of rotatable bonds is 4. The lowest BCUT2D eigenvalue weighted by Crippen LogP contribution is -2.31. The molecule has 12 heteroatoms. The van der Waals surface area contributed by atoms with Gasteiger partial charge in [0.05, 0.1) is 23.0 Å². The van der Waals surface area contributed by atoms with E-state index in [1.807, 2.05) is 6.07 Å². The Hall–Kier alpha value is -5.00. The van der Waals surface area contributed by atoms with E-state index in [-0.39, 0.29) is 17.3 Å². The highest BCUT2D eigenvalue weighted by Crippen LogP contribution is 2.27. The zero-order chi connectivity index (χ0) is 27.1. The van der Waals surface area contributed by atoms with Gasteiger partial charge in [0, 0.05) is 42.1 Å². The first kappa shape index (κ1) is 24.3. The van der Waals surface area contributed by atoms with E-state index >= 15 is 0 Å². The van der Waals surface area contributed by atoms with Crippen molar-refractivity contribution < 1.29 is 18.0 Å². The molecule has 4 heterocycles. The van der Waals surface area contributed by atoms with Gasteiger partial charge in [0.2, 0.25) is 0 Å². The van der Waals surface area contributed by atoms with E-state index in [2.05, 4.69) is 25.6 Å². The minimum atomic E-state index is -4.64. The van der Waals surface area contributed by atoms with E-state index in [0.717, 1.165) is 16.6 Å². The van der Waals surface area contributed by atoms with Gasteiger partial charge in [0.15, 0.2) is 0 Å². The van der Waals surface area contributed by atoms with Crippen LogP contribution in [0.3, 0.4) is 0 Å². The molecular weight excluding hydrogens is 511 g/mol. The molecule has 3 aromatic heterocycles. The number of nitrogens with one attached hydrogen (secondary N) is 2. The van der Waals surface area contributed by atoms with Gasteiger partial charge < -0.3 is 10.2 Å². The number of carbonyl (C=O) groups is 1. The number of carbonyl (C=O) groups excluding carboxylic acids is 1. The normalized spacial score (nSPS) is 13.1. The van der Waals surface area contributed by atoms with Crippen LogP contribution in [0.2, 0.25) is 0 Å². The summed E-state index contributed by atoms with van der Waals surface area (Å²) in [6, 6.07) is 14.6. The quantitative estimate of drug-likeness (QED) is 0.341.